The third-order valence-electron chi connectivity index (χ3n) is 4.86. The van der Waals surface area contributed by atoms with Gasteiger partial charge in [-0.15, -0.1) is 0 Å². The monoisotopic (exact) mass is 438 g/mol. The molecule has 0 aliphatic carbocycles. The van der Waals surface area contributed by atoms with Gasteiger partial charge in [0.25, 0.3) is 0 Å². The van der Waals surface area contributed by atoms with E-state index in [4.69, 9.17) is 11.6 Å². The molecule has 0 heterocycles. The number of hydrogen-bond acceptors (Lipinski definition) is 3. The van der Waals surface area contributed by atoms with E-state index in [0.717, 1.165) is 16.7 Å². The summed E-state index contributed by atoms with van der Waals surface area (Å²) in [4.78, 5) is 13.0. The predicted molar refractivity (Wildman–Crippen MR) is 123 cm³/mol. The molecule has 0 aromatic heterocycles. The lowest BCUT2D eigenvalue weighted by atomic mass is 10.0. The molecule has 3 rings (SSSR count). The van der Waals surface area contributed by atoms with Crippen LogP contribution in [-0.2, 0) is 15.6 Å². The second-order valence-electron chi connectivity index (χ2n) is 7.45. The molecule has 0 amide bonds. The highest BCUT2D eigenvalue weighted by atomic mass is 35.5. The van der Waals surface area contributed by atoms with Gasteiger partial charge in [-0.1, -0.05) is 65.2 Å². The SMILES string of the molecule is Cc1ccc(CS(=O)(=O)/C(=C\c2cc(C)ccc2C)C(=O)c2ccc(Cl)cc2)cc1. The number of hydrogen-bond donors (Lipinski definition) is 0. The van der Waals surface area contributed by atoms with Crippen LogP contribution in [-0.4, -0.2) is 14.2 Å². The molecule has 0 N–H and O–H groups in total. The van der Waals surface area contributed by atoms with Crippen molar-refractivity contribution in [2.45, 2.75) is 26.5 Å². The Hall–Kier alpha value is -2.69. The van der Waals surface area contributed by atoms with Gasteiger partial charge in [-0.3, -0.25) is 4.79 Å². The van der Waals surface area contributed by atoms with Gasteiger partial charge in [-0.25, -0.2) is 8.42 Å². The first kappa shape index (κ1) is 22.0. The molecule has 0 saturated heterocycles. The summed E-state index contributed by atoms with van der Waals surface area (Å²) in [6.45, 7) is 5.76. The lowest BCUT2D eigenvalue weighted by Gasteiger charge is -2.11. The summed E-state index contributed by atoms with van der Waals surface area (Å²) in [5.41, 5.74) is 4.55. The summed E-state index contributed by atoms with van der Waals surface area (Å²) in [6.07, 6.45) is 1.49. The summed E-state index contributed by atoms with van der Waals surface area (Å²) in [5, 5.41) is 0.481. The summed E-state index contributed by atoms with van der Waals surface area (Å²) >= 11 is 5.93. The van der Waals surface area contributed by atoms with Crippen LogP contribution in [0, 0.1) is 20.8 Å². The van der Waals surface area contributed by atoms with Crippen LogP contribution in [0.15, 0.2) is 71.6 Å². The number of rotatable bonds is 6. The van der Waals surface area contributed by atoms with Crippen molar-refractivity contribution in [2.75, 3.05) is 0 Å². The summed E-state index contributed by atoms with van der Waals surface area (Å²) in [7, 11) is -3.89. The fourth-order valence-electron chi connectivity index (χ4n) is 3.08. The molecule has 0 spiro atoms. The van der Waals surface area contributed by atoms with Crippen molar-refractivity contribution in [1.82, 2.24) is 0 Å². The molecule has 0 aliphatic rings. The number of benzene rings is 3. The van der Waals surface area contributed by atoms with Crippen LogP contribution in [0.1, 0.15) is 38.2 Å². The first-order chi connectivity index (χ1) is 14.2. The molecule has 0 saturated carbocycles. The highest BCUT2D eigenvalue weighted by molar-refractivity contribution is 7.95. The Kier molecular flexibility index (Phi) is 6.59. The molecule has 0 atom stereocenters. The summed E-state index contributed by atoms with van der Waals surface area (Å²) in [5.74, 6) is -0.789. The third-order valence-corrected chi connectivity index (χ3v) is 6.80. The van der Waals surface area contributed by atoms with Crippen LogP contribution in [0.5, 0.6) is 0 Å². The first-order valence-electron chi connectivity index (χ1n) is 9.53. The molecule has 3 aromatic rings. The Morgan fingerprint density at radius 3 is 2.10 bits per heavy atom. The van der Waals surface area contributed by atoms with Crippen molar-refractivity contribution in [2.24, 2.45) is 0 Å². The molecule has 30 heavy (non-hydrogen) atoms. The van der Waals surface area contributed by atoms with E-state index in [2.05, 4.69) is 0 Å². The van der Waals surface area contributed by atoms with Crippen molar-refractivity contribution in [3.05, 3.63) is 110 Å². The second kappa shape index (κ2) is 8.99. The van der Waals surface area contributed by atoms with Crippen LogP contribution in [0.3, 0.4) is 0 Å². The van der Waals surface area contributed by atoms with E-state index in [9.17, 15) is 13.2 Å². The van der Waals surface area contributed by atoms with Gasteiger partial charge < -0.3 is 0 Å². The van der Waals surface area contributed by atoms with Crippen molar-refractivity contribution < 1.29 is 13.2 Å². The van der Waals surface area contributed by atoms with Gasteiger partial charge in [-0.2, -0.15) is 0 Å². The third kappa shape index (κ3) is 5.26. The standard InChI is InChI=1S/C25H23ClO3S/c1-17-5-8-20(9-6-17)16-30(28,29)24(15-22-14-18(2)4-7-19(22)3)25(27)21-10-12-23(26)13-11-21/h4-15H,16H2,1-3H3/b24-15-. The molecular formula is C25H23ClO3S. The topological polar surface area (TPSA) is 51.2 Å². The number of sulfone groups is 1. The smallest absolute Gasteiger partial charge is 0.204 e. The Balaban J connectivity index is 2.11. The van der Waals surface area contributed by atoms with E-state index >= 15 is 0 Å². The van der Waals surface area contributed by atoms with E-state index in [1.165, 1.54) is 6.08 Å². The fraction of sp³-hybridized carbons (Fsp3) is 0.160. The maximum absolute atomic E-state index is 13.4. The van der Waals surface area contributed by atoms with Gasteiger partial charge in [0.15, 0.2) is 9.84 Å². The van der Waals surface area contributed by atoms with E-state index in [0.29, 0.717) is 16.1 Å². The molecule has 154 valence electrons. The van der Waals surface area contributed by atoms with E-state index in [1.807, 2.05) is 51.1 Å². The fourth-order valence-corrected chi connectivity index (χ4v) is 4.70. The van der Waals surface area contributed by atoms with Gasteiger partial charge >= 0.3 is 0 Å². The lowest BCUT2D eigenvalue weighted by molar-refractivity contribution is 0.104. The van der Waals surface area contributed by atoms with Gasteiger partial charge in [0.2, 0.25) is 5.78 Å². The number of aryl methyl sites for hydroxylation is 3. The normalized spacial score (nSPS) is 12.1. The van der Waals surface area contributed by atoms with Crippen LogP contribution >= 0.6 is 11.6 Å². The summed E-state index contributed by atoms with van der Waals surface area (Å²) in [6, 6.07) is 19.3. The van der Waals surface area contributed by atoms with Gasteiger partial charge in [-0.05, 0) is 67.8 Å². The minimum atomic E-state index is -3.89. The Morgan fingerprint density at radius 1 is 0.867 bits per heavy atom. The lowest BCUT2D eigenvalue weighted by Crippen LogP contribution is -2.16. The number of halogens is 1. The van der Waals surface area contributed by atoms with E-state index in [1.54, 1.807) is 36.4 Å². The quantitative estimate of drug-likeness (QED) is 0.345. The molecule has 0 aliphatic heterocycles. The molecular weight excluding hydrogens is 416 g/mol. The molecule has 0 fully saturated rings. The highest BCUT2D eigenvalue weighted by Crippen LogP contribution is 2.25. The maximum atomic E-state index is 13.4. The van der Waals surface area contributed by atoms with Crippen LogP contribution in [0.4, 0.5) is 0 Å². The zero-order valence-electron chi connectivity index (χ0n) is 17.1. The van der Waals surface area contributed by atoms with E-state index in [-0.39, 0.29) is 16.2 Å². The van der Waals surface area contributed by atoms with E-state index < -0.39 is 15.6 Å². The highest BCUT2D eigenvalue weighted by Gasteiger charge is 2.27. The van der Waals surface area contributed by atoms with Crippen LogP contribution in [0.25, 0.3) is 6.08 Å². The molecule has 0 radical (unpaired) electrons. The summed E-state index contributed by atoms with van der Waals surface area (Å²) < 4.78 is 26.7. The number of ketones is 1. The number of allylic oxidation sites excluding steroid dienone is 1. The van der Waals surface area contributed by atoms with Gasteiger partial charge in [0.1, 0.15) is 4.91 Å². The maximum Gasteiger partial charge on any atom is 0.204 e. The molecule has 3 aromatic carbocycles. The minimum Gasteiger partial charge on any atom is -0.288 e. The second-order valence-corrected chi connectivity index (χ2v) is 9.84. The largest absolute Gasteiger partial charge is 0.288 e. The Morgan fingerprint density at radius 2 is 1.47 bits per heavy atom. The molecule has 0 unspecified atom stereocenters. The molecule has 0 bridgehead atoms. The van der Waals surface area contributed by atoms with Crippen molar-refractivity contribution >= 4 is 33.3 Å². The zero-order chi connectivity index (χ0) is 21.9. The van der Waals surface area contributed by atoms with Crippen LogP contribution in [0.2, 0.25) is 5.02 Å². The average molecular weight is 439 g/mol. The molecule has 3 nitrogen and oxygen atoms in total. The minimum absolute atomic E-state index is 0.223. The molecule has 5 heteroatoms. The number of carbonyl (C=O) groups excluding carboxylic acids is 1. The van der Waals surface area contributed by atoms with Crippen molar-refractivity contribution in [3.63, 3.8) is 0 Å². The first-order valence-corrected chi connectivity index (χ1v) is 11.6. The van der Waals surface area contributed by atoms with Crippen LogP contribution < -0.4 is 0 Å². The Labute approximate surface area is 183 Å². The number of carbonyl (C=O) groups is 1. The number of Topliss-reactive ketones (excluding diaryl/α,β-unsaturated/α-hetero) is 1. The zero-order valence-corrected chi connectivity index (χ0v) is 18.7. The van der Waals surface area contributed by atoms with Gasteiger partial charge in [0, 0.05) is 10.6 Å². The predicted octanol–water partition coefficient (Wildman–Crippen LogP) is 6.10. The van der Waals surface area contributed by atoms with Gasteiger partial charge in [0.05, 0.1) is 5.75 Å². The Bertz CT molecular complexity index is 1210. The van der Waals surface area contributed by atoms with Crippen molar-refractivity contribution in [1.29, 1.82) is 0 Å². The van der Waals surface area contributed by atoms with Crippen molar-refractivity contribution in [3.8, 4) is 0 Å². The average Bonchev–Trinajstić information content (AvgIpc) is 2.70.